The van der Waals surface area contributed by atoms with E-state index in [1.54, 1.807) is 35.1 Å². The van der Waals surface area contributed by atoms with Crippen LogP contribution in [0.25, 0.3) is 0 Å². The van der Waals surface area contributed by atoms with Gasteiger partial charge in [-0.1, -0.05) is 61.0 Å². The summed E-state index contributed by atoms with van der Waals surface area (Å²) < 4.78 is 244. The van der Waals surface area contributed by atoms with Crippen LogP contribution in [-0.2, 0) is 130 Å². The summed E-state index contributed by atoms with van der Waals surface area (Å²) in [6.07, 6.45) is -44.4. The lowest BCUT2D eigenvalue weighted by Crippen LogP contribution is -2.70. The van der Waals surface area contributed by atoms with Gasteiger partial charge >= 0.3 is 63.8 Å². The normalized spacial score (nSPS) is 32.2. The number of hydrogen-bond acceptors (Lipinski definition) is 33. The fraction of sp³-hybridized carbons (Fsp3) is 0.646. The molecule has 1 amide bonds. The van der Waals surface area contributed by atoms with Gasteiger partial charge in [0.25, 0.3) is 0 Å². The van der Waals surface area contributed by atoms with Crippen molar-refractivity contribution in [3.63, 3.8) is 0 Å². The van der Waals surface area contributed by atoms with Crippen molar-refractivity contribution in [3.8, 4) is 0 Å². The molecule has 4 saturated heterocycles. The largest absolute Gasteiger partial charge is 0.467 e. The second-order valence-electron chi connectivity index (χ2n) is 20.7. The summed E-state index contributed by atoms with van der Waals surface area (Å²) in [7, 11) is -25.6. The number of ether oxygens (including phenoxy) is 10. The number of aliphatic hydroxyl groups excluding tert-OH is 4. The van der Waals surface area contributed by atoms with Crippen LogP contribution in [0.15, 0.2) is 54.6 Å². The topological polar surface area (TPSA) is 591 Å². The van der Waals surface area contributed by atoms with E-state index in [0.717, 1.165) is 21.1 Å². The van der Waals surface area contributed by atoms with Crippen LogP contribution in [-0.4, -0.2) is 272 Å². The number of benzene rings is 2. The number of unbranched alkanes of at least 4 members (excludes halogenated alkanes) is 2. The van der Waals surface area contributed by atoms with Crippen LogP contribution >= 0.6 is 0 Å². The minimum Gasteiger partial charge on any atom is -0.467 e. The highest BCUT2D eigenvalue weighted by Crippen LogP contribution is 2.38. The highest BCUT2D eigenvalue weighted by atomic mass is 32.3. The van der Waals surface area contributed by atoms with Crippen LogP contribution in [0.2, 0.25) is 0 Å². The Morgan fingerprint density at radius 2 is 0.925 bits per heavy atom. The van der Waals surface area contributed by atoms with Gasteiger partial charge in [0.1, 0.15) is 67.1 Å². The average molecular weight is 1440 g/mol. The van der Waals surface area contributed by atoms with E-state index in [2.05, 4.69) is 26.8 Å². The zero-order valence-corrected chi connectivity index (χ0v) is 52.7. The molecule has 40 nitrogen and oxygen atoms in total. The Kier molecular flexibility index (Phi) is 26.9. The SMILES string of the molecule is COC(=O)C1O[C@@H](O[C@H]2C(COS(=O)(=O)O)O[C@@H](O[C@H]3C(C(=O)OC)O[C@@H](O[C@H]4C(COS(=O)(=O)O)O[C@@H](C)C(NS(=O)(=O)O)[C@H]4O)C(OS(=O)(=O)O)[C@@H]3O)C(NC(=O)CCCCCC(=O)c3ccc(C(=O)c4ccccc4)cc3)[C@H]2O)C(OS(=O)(=O)O)[C@H](O)[C@H]1OC. The Hall–Kier alpha value is -4.94. The molecular formula is C48H66N2O38S5. The Labute approximate surface area is 529 Å². The number of carbonyl (C=O) groups is 5. The molecule has 4 aliphatic rings. The van der Waals surface area contributed by atoms with Crippen LogP contribution < -0.4 is 10.0 Å². The summed E-state index contributed by atoms with van der Waals surface area (Å²) in [5, 5.41) is 49.6. The van der Waals surface area contributed by atoms with Crippen molar-refractivity contribution in [2.75, 3.05) is 34.5 Å². The summed E-state index contributed by atoms with van der Waals surface area (Å²) in [6, 6.07) is 9.79. The maximum atomic E-state index is 14.0. The van der Waals surface area contributed by atoms with Gasteiger partial charge in [0.15, 0.2) is 54.9 Å². The quantitative estimate of drug-likeness (QED) is 0.0146. The predicted octanol–water partition coefficient (Wildman–Crippen LogP) is -4.77. The molecule has 8 unspecified atom stereocenters. The molecule has 4 heterocycles. The van der Waals surface area contributed by atoms with Gasteiger partial charge in [-0.2, -0.15) is 46.8 Å². The van der Waals surface area contributed by atoms with E-state index < -0.39 is 212 Å². The first kappa shape index (κ1) is 77.1. The lowest BCUT2D eigenvalue weighted by Gasteiger charge is -2.50. The second-order valence-corrected chi connectivity index (χ2v) is 26.1. The Bertz CT molecular complexity index is 3490. The lowest BCUT2D eigenvalue weighted by atomic mass is 9.93. The van der Waals surface area contributed by atoms with Crippen LogP contribution in [0, 0.1) is 0 Å². The van der Waals surface area contributed by atoms with Crippen molar-refractivity contribution < 1.29 is 173 Å². The van der Waals surface area contributed by atoms with E-state index in [4.69, 9.17) is 42.6 Å². The van der Waals surface area contributed by atoms with Gasteiger partial charge in [0.05, 0.1) is 39.6 Å². The minimum absolute atomic E-state index is 0.0771. The van der Waals surface area contributed by atoms with Gasteiger partial charge in [-0.3, -0.25) is 37.1 Å². The summed E-state index contributed by atoms with van der Waals surface area (Å²) >= 11 is 0. The molecule has 20 atom stereocenters. The molecule has 0 saturated carbocycles. The number of carbonyl (C=O) groups excluding carboxylic acids is 5. The average Bonchev–Trinajstić information content (AvgIpc) is 0.777. The van der Waals surface area contributed by atoms with Gasteiger partial charge in [0, 0.05) is 36.6 Å². The van der Waals surface area contributed by atoms with Crippen molar-refractivity contribution in [1.82, 2.24) is 10.0 Å². The molecule has 0 bridgehead atoms. The molecule has 93 heavy (non-hydrogen) atoms. The van der Waals surface area contributed by atoms with Crippen LogP contribution in [0.4, 0.5) is 0 Å². The summed E-state index contributed by atoms with van der Waals surface area (Å²) in [4.78, 5) is 66.8. The van der Waals surface area contributed by atoms with E-state index >= 15 is 0 Å². The molecule has 0 aromatic heterocycles. The smallest absolute Gasteiger partial charge is 0.397 e. The Morgan fingerprint density at radius 3 is 1.40 bits per heavy atom. The van der Waals surface area contributed by atoms with Gasteiger partial charge in [-0.05, 0) is 19.8 Å². The second kappa shape index (κ2) is 32.4. The lowest BCUT2D eigenvalue weighted by molar-refractivity contribution is -0.366. The molecule has 11 N–H and O–H groups in total. The highest BCUT2D eigenvalue weighted by molar-refractivity contribution is 7.83. The monoisotopic (exact) mass is 1440 g/mol. The number of aliphatic hydroxyl groups is 4. The van der Waals surface area contributed by atoms with E-state index in [-0.39, 0.29) is 42.8 Å². The standard InChI is InChI=1S/C48H66N2O38S5/c1-21-29(50-89(60,61)62)32(54)36(26(80-21)19-78-90(63,64)65)82-48-41(88-93(72,73)74)35(57)39(43(86-48)45(59)77-4)84-46-30(49-28(52)14-10-6-9-13-25(51)22-15-17-24(18-16-22)31(53)23-11-7-5-8-12-23)33(55)37(27(81-46)20-79-91(66,67)68)83-47-40(87-92(69,70)71)34(56)38(75-2)42(85-47)44(58)76-3/h5,7-8,11-12,15-18,21,26-27,29-30,32-43,46-48,50,54-57H,6,9-10,13-14,19-20H2,1-4H3,(H,49,52)(H,60,61,62)(H,63,64,65)(H,66,67,68)(H,69,70,71)(H,72,73,74)/t21-,26?,27?,29?,30?,32+,33+,34+,35+,36-,37-,38+,39+,40?,41?,42?,43?,46-,47+,48+/m0/s1. The molecule has 4 fully saturated rings. The molecule has 0 spiro atoms. The highest BCUT2D eigenvalue weighted by Gasteiger charge is 2.60. The molecule has 526 valence electrons. The minimum atomic E-state index is -5.95. The number of hydrogen-bond donors (Lipinski definition) is 11. The third-order valence-electron chi connectivity index (χ3n) is 14.3. The van der Waals surface area contributed by atoms with Crippen LogP contribution in [0.1, 0.15) is 65.3 Å². The zero-order valence-electron chi connectivity index (χ0n) is 48.6. The number of esters is 2. The summed E-state index contributed by atoms with van der Waals surface area (Å²) in [5.41, 5.74) is 0.953. The predicted molar refractivity (Wildman–Crippen MR) is 296 cm³/mol. The first-order chi connectivity index (χ1) is 43.2. The maximum absolute atomic E-state index is 14.0. The van der Waals surface area contributed by atoms with E-state index in [9.17, 15) is 109 Å². The summed E-state index contributed by atoms with van der Waals surface area (Å²) in [5.74, 6) is -4.79. The number of Topliss-reactive ketones (excluding diaryl/α,β-unsaturated/α-hetero) is 1. The van der Waals surface area contributed by atoms with Crippen molar-refractivity contribution in [1.29, 1.82) is 0 Å². The number of methoxy groups -OCH3 is 3. The number of ketones is 2. The fourth-order valence-electron chi connectivity index (χ4n) is 10.1. The van der Waals surface area contributed by atoms with Crippen molar-refractivity contribution >= 4 is 81.3 Å². The Balaban J connectivity index is 1.36. The molecule has 0 radical (unpaired) electrons. The molecule has 0 aliphatic carbocycles. The molecule has 6 rings (SSSR count). The molecular weight excluding hydrogens is 1370 g/mol. The van der Waals surface area contributed by atoms with Gasteiger partial charge < -0.3 is 73.1 Å². The third kappa shape index (κ3) is 21.8. The Morgan fingerprint density at radius 1 is 0.484 bits per heavy atom. The first-order valence-electron chi connectivity index (χ1n) is 27.0. The number of nitrogens with one attached hydrogen (secondary N) is 2. The first-order valence-corrected chi connectivity index (χ1v) is 33.9. The zero-order chi connectivity index (χ0) is 69.3. The van der Waals surface area contributed by atoms with Crippen molar-refractivity contribution in [3.05, 3.63) is 71.3 Å². The van der Waals surface area contributed by atoms with Crippen molar-refractivity contribution in [2.45, 2.75) is 162 Å². The molecule has 4 aliphatic heterocycles. The number of rotatable bonds is 31. The van der Waals surface area contributed by atoms with Gasteiger partial charge in [-0.25, -0.2) is 26.3 Å². The van der Waals surface area contributed by atoms with E-state index in [1.165, 1.54) is 24.3 Å². The maximum Gasteiger partial charge on any atom is 0.397 e. The molecule has 2 aromatic carbocycles. The molecule has 2 aromatic rings. The fourth-order valence-corrected chi connectivity index (χ4v) is 12.4. The molecule has 45 heteroatoms. The van der Waals surface area contributed by atoms with Crippen molar-refractivity contribution in [2.24, 2.45) is 0 Å². The number of amides is 1. The van der Waals surface area contributed by atoms with Crippen LogP contribution in [0.3, 0.4) is 0 Å². The van der Waals surface area contributed by atoms with Gasteiger partial charge in [0.2, 0.25) is 5.91 Å². The third-order valence-corrected chi connectivity index (χ3v) is 16.7. The summed E-state index contributed by atoms with van der Waals surface area (Å²) in [6.45, 7) is -1.89. The van der Waals surface area contributed by atoms with E-state index in [1.807, 2.05) is 0 Å². The van der Waals surface area contributed by atoms with Crippen LogP contribution in [0.5, 0.6) is 0 Å². The van der Waals surface area contributed by atoms with E-state index in [0.29, 0.717) is 18.2 Å². The van der Waals surface area contributed by atoms with Gasteiger partial charge in [-0.15, -0.1) is 0 Å².